The molecule has 4 rings (SSSR count). The van der Waals surface area contributed by atoms with Gasteiger partial charge in [-0.3, -0.25) is 14.4 Å². The topological polar surface area (TPSA) is 146 Å². The van der Waals surface area contributed by atoms with E-state index in [4.69, 9.17) is 4.84 Å². The standard InChI is InChI=1S/C21H20N6O5/c1-12(28)22-9-10-23-19-14-11-15(21(31)32-27-16(29)7-8-17(27)30)24-20(14)26-18(25-19)13-5-3-2-4-6-13/h2-6,11H,7-10H2,1H3,(H,22,28)(H2,23,24,25,26). The SMILES string of the molecule is CC(=O)NCCNc1nc(-c2ccccc2)nc2[nH]c(C(=O)ON3C(=O)CCC3=O)cc12. The van der Waals surface area contributed by atoms with E-state index in [-0.39, 0.29) is 24.4 Å². The molecule has 164 valence electrons. The molecule has 0 bridgehead atoms. The van der Waals surface area contributed by atoms with Crippen molar-refractivity contribution in [1.82, 2.24) is 25.3 Å². The number of nitrogens with one attached hydrogen (secondary N) is 3. The van der Waals surface area contributed by atoms with Crippen LogP contribution in [0.3, 0.4) is 0 Å². The van der Waals surface area contributed by atoms with Gasteiger partial charge in [0.1, 0.15) is 17.2 Å². The van der Waals surface area contributed by atoms with Gasteiger partial charge in [-0.05, 0) is 6.07 Å². The number of imide groups is 1. The van der Waals surface area contributed by atoms with Crippen LogP contribution in [0.2, 0.25) is 0 Å². The maximum absolute atomic E-state index is 12.5. The lowest BCUT2D eigenvalue weighted by Gasteiger charge is -2.11. The van der Waals surface area contributed by atoms with Crippen molar-refractivity contribution in [3.05, 3.63) is 42.1 Å². The second-order valence-electron chi connectivity index (χ2n) is 7.08. The maximum Gasteiger partial charge on any atom is 0.380 e. The van der Waals surface area contributed by atoms with Gasteiger partial charge in [-0.2, -0.15) is 0 Å². The first-order valence-electron chi connectivity index (χ1n) is 9.95. The van der Waals surface area contributed by atoms with Gasteiger partial charge in [0.05, 0.1) is 5.39 Å². The van der Waals surface area contributed by atoms with E-state index in [2.05, 4.69) is 25.6 Å². The zero-order chi connectivity index (χ0) is 22.7. The van der Waals surface area contributed by atoms with E-state index < -0.39 is 17.8 Å². The molecule has 0 spiro atoms. The van der Waals surface area contributed by atoms with Gasteiger partial charge in [0, 0.05) is 38.4 Å². The summed E-state index contributed by atoms with van der Waals surface area (Å²) in [6.07, 6.45) is 0.0141. The zero-order valence-electron chi connectivity index (χ0n) is 17.2. The van der Waals surface area contributed by atoms with E-state index in [1.54, 1.807) is 0 Å². The third-order valence-electron chi connectivity index (χ3n) is 4.71. The third kappa shape index (κ3) is 4.41. The summed E-state index contributed by atoms with van der Waals surface area (Å²) in [5, 5.41) is 6.82. The summed E-state index contributed by atoms with van der Waals surface area (Å²) >= 11 is 0. The van der Waals surface area contributed by atoms with Crippen molar-refractivity contribution >= 4 is 40.5 Å². The summed E-state index contributed by atoms with van der Waals surface area (Å²) in [4.78, 5) is 64.0. The van der Waals surface area contributed by atoms with Crippen LogP contribution < -0.4 is 10.6 Å². The summed E-state index contributed by atoms with van der Waals surface area (Å²) in [6.45, 7) is 2.19. The average molecular weight is 436 g/mol. The molecule has 3 heterocycles. The number of rotatable bonds is 7. The average Bonchev–Trinajstić information content (AvgIpc) is 3.35. The minimum absolute atomic E-state index is 0.00704. The van der Waals surface area contributed by atoms with Crippen LogP contribution in [0.1, 0.15) is 30.3 Å². The Morgan fingerprint density at radius 1 is 1.09 bits per heavy atom. The molecule has 11 heteroatoms. The van der Waals surface area contributed by atoms with Crippen molar-refractivity contribution in [3.8, 4) is 11.4 Å². The molecule has 32 heavy (non-hydrogen) atoms. The Kier molecular flexibility index (Phi) is 5.79. The number of H-pyrrole nitrogens is 1. The molecule has 1 saturated heterocycles. The monoisotopic (exact) mass is 436 g/mol. The van der Waals surface area contributed by atoms with Gasteiger partial charge in [0.25, 0.3) is 11.8 Å². The van der Waals surface area contributed by atoms with E-state index in [0.29, 0.717) is 40.8 Å². The molecule has 1 fully saturated rings. The van der Waals surface area contributed by atoms with Crippen molar-refractivity contribution in [1.29, 1.82) is 0 Å². The molecule has 3 aromatic rings. The Morgan fingerprint density at radius 3 is 2.50 bits per heavy atom. The molecule has 2 aromatic heterocycles. The highest BCUT2D eigenvalue weighted by atomic mass is 16.7. The van der Waals surface area contributed by atoms with Crippen LogP contribution in [0.15, 0.2) is 36.4 Å². The number of amides is 3. The molecular formula is C21H20N6O5. The van der Waals surface area contributed by atoms with Crippen LogP contribution in [0.5, 0.6) is 0 Å². The first-order chi connectivity index (χ1) is 15.4. The van der Waals surface area contributed by atoms with E-state index >= 15 is 0 Å². The van der Waals surface area contributed by atoms with Crippen LogP contribution in [0, 0.1) is 0 Å². The molecule has 3 N–H and O–H groups in total. The van der Waals surface area contributed by atoms with E-state index in [9.17, 15) is 19.2 Å². The number of fused-ring (bicyclic) bond motifs is 1. The smallest absolute Gasteiger partial charge is 0.368 e. The minimum atomic E-state index is -0.892. The lowest BCUT2D eigenvalue weighted by Crippen LogP contribution is -2.32. The number of hydrogen-bond donors (Lipinski definition) is 3. The Hall–Kier alpha value is -4.28. The van der Waals surface area contributed by atoms with Gasteiger partial charge in [-0.25, -0.2) is 14.8 Å². The van der Waals surface area contributed by atoms with Gasteiger partial charge in [0.2, 0.25) is 5.91 Å². The van der Waals surface area contributed by atoms with E-state index in [0.717, 1.165) is 5.56 Å². The zero-order valence-corrected chi connectivity index (χ0v) is 17.2. The Balaban J connectivity index is 1.65. The van der Waals surface area contributed by atoms with Crippen molar-refractivity contribution < 1.29 is 24.0 Å². The van der Waals surface area contributed by atoms with Crippen LogP contribution in [-0.2, 0) is 19.2 Å². The van der Waals surface area contributed by atoms with E-state index in [1.807, 2.05) is 30.3 Å². The highest BCUT2D eigenvalue weighted by molar-refractivity contribution is 6.03. The van der Waals surface area contributed by atoms with Crippen LogP contribution in [0.4, 0.5) is 5.82 Å². The molecule has 0 radical (unpaired) electrons. The Labute approximate surface area is 182 Å². The number of nitrogens with zero attached hydrogens (tertiary/aromatic N) is 3. The largest absolute Gasteiger partial charge is 0.380 e. The predicted octanol–water partition coefficient (Wildman–Crippen LogP) is 1.39. The second-order valence-corrected chi connectivity index (χ2v) is 7.08. The summed E-state index contributed by atoms with van der Waals surface area (Å²) in [5.74, 6) is -1.30. The number of hydroxylamine groups is 2. The van der Waals surface area contributed by atoms with E-state index in [1.165, 1.54) is 13.0 Å². The van der Waals surface area contributed by atoms with Gasteiger partial charge < -0.3 is 20.5 Å². The Bertz CT molecular complexity index is 1190. The third-order valence-corrected chi connectivity index (χ3v) is 4.71. The summed E-state index contributed by atoms with van der Waals surface area (Å²) in [5.41, 5.74) is 1.15. The molecule has 1 aromatic carbocycles. The summed E-state index contributed by atoms with van der Waals surface area (Å²) in [7, 11) is 0. The molecule has 0 unspecified atom stereocenters. The normalized spacial score (nSPS) is 13.5. The number of benzene rings is 1. The Morgan fingerprint density at radius 2 is 1.81 bits per heavy atom. The number of hydrogen-bond acceptors (Lipinski definition) is 8. The van der Waals surface area contributed by atoms with Crippen LogP contribution in [-0.4, -0.2) is 56.8 Å². The van der Waals surface area contributed by atoms with Crippen molar-refractivity contribution in [3.63, 3.8) is 0 Å². The molecule has 0 saturated carbocycles. The molecule has 1 aliphatic rings. The quantitative estimate of drug-likeness (QED) is 0.372. The van der Waals surface area contributed by atoms with Crippen LogP contribution in [0.25, 0.3) is 22.4 Å². The first-order valence-corrected chi connectivity index (χ1v) is 9.95. The van der Waals surface area contributed by atoms with Gasteiger partial charge in [0.15, 0.2) is 5.82 Å². The minimum Gasteiger partial charge on any atom is -0.368 e. The summed E-state index contributed by atoms with van der Waals surface area (Å²) in [6, 6.07) is 10.8. The maximum atomic E-state index is 12.5. The lowest BCUT2D eigenvalue weighted by atomic mass is 10.2. The van der Waals surface area contributed by atoms with Crippen LogP contribution >= 0.6 is 0 Å². The number of aromatic nitrogens is 3. The predicted molar refractivity (Wildman–Crippen MR) is 113 cm³/mol. The first kappa shape index (κ1) is 21.0. The fourth-order valence-corrected chi connectivity index (χ4v) is 3.18. The fourth-order valence-electron chi connectivity index (χ4n) is 3.18. The number of carbonyl (C=O) groups is 4. The summed E-state index contributed by atoms with van der Waals surface area (Å²) < 4.78 is 0. The van der Waals surface area contributed by atoms with Gasteiger partial charge >= 0.3 is 5.97 Å². The second kappa shape index (κ2) is 8.84. The van der Waals surface area contributed by atoms with Crippen molar-refractivity contribution in [2.75, 3.05) is 18.4 Å². The lowest BCUT2D eigenvalue weighted by molar-refractivity contribution is -0.172. The highest BCUT2D eigenvalue weighted by Crippen LogP contribution is 2.26. The van der Waals surface area contributed by atoms with Crippen molar-refractivity contribution in [2.24, 2.45) is 0 Å². The molecule has 3 amide bonds. The molecule has 0 aliphatic carbocycles. The highest BCUT2D eigenvalue weighted by Gasteiger charge is 2.33. The van der Waals surface area contributed by atoms with Gasteiger partial charge in [-0.1, -0.05) is 30.3 Å². The van der Waals surface area contributed by atoms with Gasteiger partial charge in [-0.15, -0.1) is 5.06 Å². The molecule has 1 aliphatic heterocycles. The molecular weight excluding hydrogens is 416 g/mol. The number of anilines is 1. The number of aromatic amines is 1. The molecule has 11 nitrogen and oxygen atoms in total. The fraction of sp³-hybridized carbons (Fsp3) is 0.238. The number of carbonyl (C=O) groups excluding carboxylic acids is 4. The van der Waals surface area contributed by atoms with Crippen molar-refractivity contribution in [2.45, 2.75) is 19.8 Å². The molecule has 0 atom stereocenters.